The Morgan fingerprint density at radius 1 is 0.680 bits per heavy atom. The zero-order valence-corrected chi connectivity index (χ0v) is 15.2. The van der Waals surface area contributed by atoms with Crippen LogP contribution in [-0.2, 0) is 0 Å². The minimum atomic E-state index is 0.0958. The molecule has 1 unspecified atom stereocenters. The summed E-state index contributed by atoms with van der Waals surface area (Å²) in [5.74, 6) is 0. The second kappa shape index (κ2) is 5.94. The van der Waals surface area contributed by atoms with Crippen molar-refractivity contribution in [2.24, 2.45) is 4.99 Å². The Hall–Kier alpha value is -2.23. The van der Waals surface area contributed by atoms with Gasteiger partial charge in [0.15, 0.2) is 0 Å². The normalized spacial score (nSPS) is 26.8. The van der Waals surface area contributed by atoms with E-state index >= 15 is 0 Å². The Labute approximate surface area is 156 Å². The summed E-state index contributed by atoms with van der Waals surface area (Å²) >= 11 is 3.53. The van der Waals surface area contributed by atoms with Crippen molar-refractivity contribution >= 4 is 21.6 Å². The van der Waals surface area contributed by atoms with Gasteiger partial charge in [-0.1, -0.05) is 88.7 Å². The third-order valence-electron chi connectivity index (χ3n) is 5.05. The molecule has 25 heavy (non-hydrogen) atoms. The molecule has 2 heterocycles. The first-order chi connectivity index (χ1) is 12.3. The van der Waals surface area contributed by atoms with E-state index < -0.39 is 0 Å². The van der Waals surface area contributed by atoms with E-state index in [1.165, 1.54) is 22.4 Å². The fraction of sp³-hybridized carbons (Fsp3) is 0.136. The van der Waals surface area contributed by atoms with Crippen LogP contribution in [-0.4, -0.2) is 16.7 Å². The van der Waals surface area contributed by atoms with Crippen molar-refractivity contribution in [2.45, 2.75) is 18.2 Å². The Kier molecular flexibility index (Phi) is 3.58. The van der Waals surface area contributed by atoms with Gasteiger partial charge in [0, 0.05) is 4.47 Å². The molecule has 2 nitrogen and oxygen atoms in total. The molecule has 5 rings (SSSR count). The minimum absolute atomic E-state index is 0.0958. The van der Waals surface area contributed by atoms with Crippen LogP contribution in [0.25, 0.3) is 0 Å². The quantitative estimate of drug-likeness (QED) is 0.550. The van der Waals surface area contributed by atoms with E-state index in [4.69, 9.17) is 4.99 Å². The standard InChI is InChI=1S/C22H17BrN2/c23-18-13-11-17(12-14-18)22-24-19(15-7-3-1-4-8-15)21-20(25(21)22)16-9-5-2-6-10-16/h1-14,20-22H/t20-,21-,22-,25?/m1/s1. The molecule has 1 saturated heterocycles. The molecule has 0 aromatic heterocycles. The van der Waals surface area contributed by atoms with E-state index in [2.05, 4.69) is 106 Å². The van der Waals surface area contributed by atoms with Gasteiger partial charge in [-0.3, -0.25) is 9.89 Å². The van der Waals surface area contributed by atoms with E-state index in [9.17, 15) is 0 Å². The van der Waals surface area contributed by atoms with Crippen molar-refractivity contribution in [1.82, 2.24) is 4.90 Å². The molecule has 2 aliphatic rings. The van der Waals surface area contributed by atoms with E-state index in [0.29, 0.717) is 12.1 Å². The van der Waals surface area contributed by atoms with Crippen LogP contribution in [0, 0.1) is 0 Å². The SMILES string of the molecule is Brc1ccc([C@@H]2N=C(c3ccccc3)[C@@H]3[C@@H](c4ccccc4)N32)cc1. The van der Waals surface area contributed by atoms with Crippen LogP contribution >= 0.6 is 15.9 Å². The molecular weight excluding hydrogens is 372 g/mol. The van der Waals surface area contributed by atoms with Gasteiger partial charge in [0.2, 0.25) is 0 Å². The zero-order chi connectivity index (χ0) is 16.8. The van der Waals surface area contributed by atoms with Crippen LogP contribution in [0.5, 0.6) is 0 Å². The Morgan fingerprint density at radius 3 is 2.00 bits per heavy atom. The van der Waals surface area contributed by atoms with Gasteiger partial charge in [-0.15, -0.1) is 0 Å². The maximum Gasteiger partial charge on any atom is 0.129 e. The average molecular weight is 389 g/mol. The van der Waals surface area contributed by atoms with Crippen LogP contribution in [0.1, 0.15) is 28.9 Å². The van der Waals surface area contributed by atoms with Crippen molar-refractivity contribution in [1.29, 1.82) is 0 Å². The van der Waals surface area contributed by atoms with Crippen LogP contribution < -0.4 is 0 Å². The largest absolute Gasteiger partial charge is 0.263 e. The van der Waals surface area contributed by atoms with Gasteiger partial charge in [0.05, 0.1) is 17.8 Å². The molecule has 0 spiro atoms. The number of benzene rings is 3. The van der Waals surface area contributed by atoms with Crippen molar-refractivity contribution < 1.29 is 0 Å². The highest BCUT2D eigenvalue weighted by Gasteiger charge is 2.59. The summed E-state index contributed by atoms with van der Waals surface area (Å²) in [6, 6.07) is 30.7. The summed E-state index contributed by atoms with van der Waals surface area (Å²) in [5.41, 5.74) is 5.06. The lowest BCUT2D eigenvalue weighted by Crippen LogP contribution is -2.08. The summed E-state index contributed by atoms with van der Waals surface area (Å²) in [4.78, 5) is 7.61. The van der Waals surface area contributed by atoms with Crippen molar-refractivity contribution in [2.75, 3.05) is 0 Å². The molecule has 0 aliphatic carbocycles. The number of halogens is 1. The number of nitrogens with zero attached hydrogens (tertiary/aromatic N) is 2. The molecule has 0 radical (unpaired) electrons. The van der Waals surface area contributed by atoms with E-state index in [-0.39, 0.29) is 6.17 Å². The van der Waals surface area contributed by atoms with Gasteiger partial charge >= 0.3 is 0 Å². The van der Waals surface area contributed by atoms with Crippen LogP contribution in [0.2, 0.25) is 0 Å². The topological polar surface area (TPSA) is 15.4 Å². The molecule has 3 aromatic carbocycles. The van der Waals surface area contributed by atoms with E-state index in [0.717, 1.165) is 4.47 Å². The van der Waals surface area contributed by atoms with Gasteiger partial charge in [0.25, 0.3) is 0 Å². The lowest BCUT2D eigenvalue weighted by molar-refractivity contribution is 0.404. The first-order valence-corrected chi connectivity index (χ1v) is 9.33. The second-order valence-electron chi connectivity index (χ2n) is 6.55. The maximum absolute atomic E-state index is 5.09. The van der Waals surface area contributed by atoms with Gasteiger partial charge in [-0.2, -0.15) is 0 Å². The molecule has 0 amide bonds. The first-order valence-electron chi connectivity index (χ1n) is 8.54. The monoisotopic (exact) mass is 388 g/mol. The summed E-state index contributed by atoms with van der Waals surface area (Å²) < 4.78 is 1.10. The fourth-order valence-electron chi connectivity index (χ4n) is 3.86. The molecule has 0 N–H and O–H groups in total. The number of hydrogen-bond acceptors (Lipinski definition) is 2. The molecule has 3 aromatic rings. The highest BCUT2D eigenvalue weighted by atomic mass is 79.9. The second-order valence-corrected chi connectivity index (χ2v) is 7.47. The van der Waals surface area contributed by atoms with Crippen molar-refractivity contribution in [3.8, 4) is 0 Å². The third kappa shape index (κ3) is 2.55. The highest BCUT2D eigenvalue weighted by molar-refractivity contribution is 9.10. The highest BCUT2D eigenvalue weighted by Crippen LogP contribution is 2.55. The average Bonchev–Trinajstić information content (AvgIpc) is 3.28. The lowest BCUT2D eigenvalue weighted by atomic mass is 10.0. The maximum atomic E-state index is 5.09. The summed E-state index contributed by atoms with van der Waals surface area (Å²) in [6.45, 7) is 0. The molecule has 2 aliphatic heterocycles. The van der Waals surface area contributed by atoms with Gasteiger partial charge in [0.1, 0.15) is 6.17 Å². The number of fused-ring (bicyclic) bond motifs is 1. The van der Waals surface area contributed by atoms with E-state index in [1.807, 2.05) is 0 Å². The lowest BCUT2D eigenvalue weighted by Gasteiger charge is -2.14. The van der Waals surface area contributed by atoms with Crippen LogP contribution in [0.3, 0.4) is 0 Å². The minimum Gasteiger partial charge on any atom is -0.263 e. The molecule has 0 bridgehead atoms. The fourth-order valence-corrected chi connectivity index (χ4v) is 4.12. The molecule has 122 valence electrons. The summed E-state index contributed by atoms with van der Waals surface area (Å²) in [5, 5.41) is 0. The molecule has 0 saturated carbocycles. The predicted octanol–water partition coefficient (Wildman–Crippen LogP) is 5.38. The number of rotatable bonds is 3. The van der Waals surface area contributed by atoms with Crippen molar-refractivity contribution in [3.63, 3.8) is 0 Å². The zero-order valence-electron chi connectivity index (χ0n) is 13.6. The number of aliphatic imine (C=N–C) groups is 1. The third-order valence-corrected chi connectivity index (χ3v) is 5.58. The van der Waals surface area contributed by atoms with Crippen LogP contribution in [0.4, 0.5) is 0 Å². The van der Waals surface area contributed by atoms with Crippen molar-refractivity contribution in [3.05, 3.63) is 106 Å². The Bertz CT molecular complexity index is 919. The summed E-state index contributed by atoms with van der Waals surface area (Å²) in [7, 11) is 0. The predicted molar refractivity (Wildman–Crippen MR) is 105 cm³/mol. The smallest absolute Gasteiger partial charge is 0.129 e. The van der Waals surface area contributed by atoms with Gasteiger partial charge in [-0.05, 0) is 28.8 Å². The Balaban J connectivity index is 1.57. The van der Waals surface area contributed by atoms with Gasteiger partial charge in [-0.25, -0.2) is 0 Å². The summed E-state index contributed by atoms with van der Waals surface area (Å²) in [6.07, 6.45) is 0.0958. The first kappa shape index (κ1) is 15.1. The molecular formula is C22H17BrN2. The molecule has 4 atom stereocenters. The molecule has 1 fully saturated rings. The van der Waals surface area contributed by atoms with Gasteiger partial charge < -0.3 is 0 Å². The van der Waals surface area contributed by atoms with Crippen LogP contribution in [0.15, 0.2) is 94.4 Å². The number of hydrogen-bond donors (Lipinski definition) is 0. The molecule has 3 heteroatoms. The van der Waals surface area contributed by atoms with E-state index in [1.54, 1.807) is 0 Å². The Morgan fingerprint density at radius 2 is 1.32 bits per heavy atom.